The van der Waals surface area contributed by atoms with Crippen LogP contribution in [-0.4, -0.2) is 26.0 Å². The molecule has 1 heterocycles. The zero-order valence-corrected chi connectivity index (χ0v) is 9.33. The lowest BCUT2D eigenvalue weighted by Gasteiger charge is -1.96. The average molecular weight is 223 g/mol. The largest absolute Gasteiger partial charge is 0.399 e. The number of aryl methyl sites for hydroxylation is 1. The van der Waals surface area contributed by atoms with Crippen LogP contribution in [0.4, 0.5) is 5.69 Å². The van der Waals surface area contributed by atoms with Crippen LogP contribution in [0.3, 0.4) is 0 Å². The maximum atomic E-state index is 10.9. The van der Waals surface area contributed by atoms with Crippen molar-refractivity contribution in [2.75, 3.05) is 17.7 Å². The van der Waals surface area contributed by atoms with Crippen molar-refractivity contribution < 1.29 is 4.21 Å². The second-order valence-corrected chi connectivity index (χ2v) is 5.04. The van der Waals surface area contributed by atoms with Gasteiger partial charge in [0.05, 0.1) is 12.1 Å². The normalized spacial score (nSPS) is 13.1. The molecular formula is C10H13N3OS. The van der Waals surface area contributed by atoms with Crippen LogP contribution in [0.25, 0.3) is 10.9 Å². The second-order valence-electron chi connectivity index (χ2n) is 3.49. The van der Waals surface area contributed by atoms with Gasteiger partial charge in [-0.15, -0.1) is 0 Å². The van der Waals surface area contributed by atoms with Crippen molar-refractivity contribution >= 4 is 27.4 Å². The second kappa shape index (κ2) is 4.02. The topological polar surface area (TPSA) is 60.9 Å². The Morgan fingerprint density at radius 3 is 3.07 bits per heavy atom. The molecule has 1 unspecified atom stereocenters. The molecule has 5 heteroatoms. The lowest BCUT2D eigenvalue weighted by molar-refractivity contribution is 0.651. The van der Waals surface area contributed by atoms with E-state index in [9.17, 15) is 4.21 Å². The van der Waals surface area contributed by atoms with E-state index in [-0.39, 0.29) is 0 Å². The van der Waals surface area contributed by atoms with E-state index >= 15 is 0 Å². The molecule has 1 atom stereocenters. The molecule has 0 spiro atoms. The van der Waals surface area contributed by atoms with Gasteiger partial charge in [0.2, 0.25) is 0 Å². The maximum Gasteiger partial charge on any atom is 0.0943 e. The Kier molecular flexibility index (Phi) is 2.73. The Bertz CT molecular complexity index is 506. The van der Waals surface area contributed by atoms with Gasteiger partial charge in [-0.3, -0.25) is 8.89 Å². The predicted molar refractivity (Wildman–Crippen MR) is 63.1 cm³/mol. The molecule has 80 valence electrons. The molecule has 2 N–H and O–H groups in total. The Morgan fingerprint density at radius 1 is 1.53 bits per heavy atom. The molecule has 15 heavy (non-hydrogen) atoms. The van der Waals surface area contributed by atoms with Gasteiger partial charge in [0.1, 0.15) is 0 Å². The number of nitrogen functional groups attached to an aromatic ring is 1. The molecule has 1 aromatic heterocycles. The highest BCUT2D eigenvalue weighted by molar-refractivity contribution is 7.84. The minimum absolute atomic E-state index is 0.628. The van der Waals surface area contributed by atoms with E-state index in [2.05, 4.69) is 5.10 Å². The smallest absolute Gasteiger partial charge is 0.0943 e. The molecule has 0 saturated carbocycles. The van der Waals surface area contributed by atoms with Gasteiger partial charge in [0.25, 0.3) is 0 Å². The molecule has 0 radical (unpaired) electrons. The van der Waals surface area contributed by atoms with E-state index < -0.39 is 10.8 Å². The molecule has 0 aliphatic rings. The van der Waals surface area contributed by atoms with Crippen LogP contribution >= 0.6 is 0 Å². The lowest BCUT2D eigenvalue weighted by atomic mass is 10.2. The van der Waals surface area contributed by atoms with Gasteiger partial charge >= 0.3 is 0 Å². The van der Waals surface area contributed by atoms with Gasteiger partial charge in [-0.25, -0.2) is 0 Å². The van der Waals surface area contributed by atoms with Gasteiger partial charge in [-0.05, 0) is 18.2 Å². The Balaban J connectivity index is 2.27. The van der Waals surface area contributed by atoms with Crippen LogP contribution in [0, 0.1) is 0 Å². The molecule has 0 fully saturated rings. The fraction of sp³-hybridized carbons (Fsp3) is 0.300. The zero-order valence-electron chi connectivity index (χ0n) is 8.51. The van der Waals surface area contributed by atoms with Gasteiger partial charge < -0.3 is 5.73 Å². The first-order valence-electron chi connectivity index (χ1n) is 4.68. The molecule has 0 amide bonds. The van der Waals surface area contributed by atoms with Crippen LogP contribution in [0.2, 0.25) is 0 Å². The van der Waals surface area contributed by atoms with Gasteiger partial charge in [0, 0.05) is 40.1 Å². The first kappa shape index (κ1) is 10.2. The molecule has 0 bridgehead atoms. The summed E-state index contributed by atoms with van der Waals surface area (Å²) in [6.07, 6.45) is 3.64. The molecular weight excluding hydrogens is 210 g/mol. The van der Waals surface area contributed by atoms with E-state index in [1.165, 1.54) is 0 Å². The standard InChI is InChI=1S/C10H13N3OS/c1-15(14)5-4-13-7-8-2-3-9(11)6-10(8)12-13/h2-3,6-7H,4-5,11H2,1H3. The Hall–Kier alpha value is -1.36. The molecule has 0 saturated heterocycles. The van der Waals surface area contributed by atoms with E-state index in [4.69, 9.17) is 5.73 Å². The van der Waals surface area contributed by atoms with Crippen molar-refractivity contribution in [1.29, 1.82) is 0 Å². The van der Waals surface area contributed by atoms with Crippen molar-refractivity contribution in [3.05, 3.63) is 24.4 Å². The van der Waals surface area contributed by atoms with Crippen molar-refractivity contribution in [3.8, 4) is 0 Å². The van der Waals surface area contributed by atoms with Crippen LogP contribution < -0.4 is 5.73 Å². The summed E-state index contributed by atoms with van der Waals surface area (Å²) in [6, 6.07) is 5.64. The van der Waals surface area contributed by atoms with E-state index in [1.54, 1.807) is 6.26 Å². The average Bonchev–Trinajstić information content (AvgIpc) is 2.56. The number of hydrogen-bond donors (Lipinski definition) is 1. The lowest BCUT2D eigenvalue weighted by Crippen LogP contribution is -2.06. The predicted octanol–water partition coefficient (Wildman–Crippen LogP) is 0.997. The van der Waals surface area contributed by atoms with Crippen LogP contribution in [0.1, 0.15) is 0 Å². The summed E-state index contributed by atoms with van der Waals surface area (Å²) in [5.74, 6) is 0.628. The maximum absolute atomic E-state index is 10.9. The van der Waals surface area contributed by atoms with E-state index in [0.717, 1.165) is 10.9 Å². The fourth-order valence-corrected chi connectivity index (χ4v) is 1.87. The first-order valence-corrected chi connectivity index (χ1v) is 6.40. The Labute approximate surface area is 90.5 Å². The number of nitrogens with zero attached hydrogens (tertiary/aromatic N) is 2. The molecule has 2 rings (SSSR count). The summed E-state index contributed by atoms with van der Waals surface area (Å²) in [5.41, 5.74) is 7.26. The number of rotatable bonds is 3. The van der Waals surface area contributed by atoms with Gasteiger partial charge in [-0.1, -0.05) is 0 Å². The fourth-order valence-electron chi connectivity index (χ4n) is 1.42. The molecule has 2 aromatic rings. The molecule has 4 nitrogen and oxygen atoms in total. The molecule has 1 aromatic carbocycles. The number of anilines is 1. The van der Waals surface area contributed by atoms with E-state index in [1.807, 2.05) is 29.1 Å². The summed E-state index contributed by atoms with van der Waals surface area (Å²) >= 11 is 0. The van der Waals surface area contributed by atoms with Gasteiger partial charge in [-0.2, -0.15) is 5.10 Å². The summed E-state index contributed by atoms with van der Waals surface area (Å²) < 4.78 is 12.7. The highest BCUT2D eigenvalue weighted by Gasteiger charge is 2.01. The minimum atomic E-state index is -0.778. The van der Waals surface area contributed by atoms with Crippen molar-refractivity contribution in [2.45, 2.75) is 6.54 Å². The quantitative estimate of drug-likeness (QED) is 0.790. The Morgan fingerprint density at radius 2 is 2.33 bits per heavy atom. The van der Waals surface area contributed by atoms with Crippen LogP contribution in [-0.2, 0) is 17.3 Å². The molecule has 0 aliphatic carbocycles. The third-order valence-electron chi connectivity index (χ3n) is 2.19. The number of aromatic nitrogens is 2. The summed E-state index contributed by atoms with van der Waals surface area (Å²) in [5, 5.41) is 5.41. The SMILES string of the molecule is CS(=O)CCn1cc2ccc(N)cc2n1. The zero-order chi connectivity index (χ0) is 10.8. The highest BCUT2D eigenvalue weighted by atomic mass is 32.2. The molecule has 0 aliphatic heterocycles. The van der Waals surface area contributed by atoms with Crippen LogP contribution in [0.5, 0.6) is 0 Å². The van der Waals surface area contributed by atoms with Crippen molar-refractivity contribution in [1.82, 2.24) is 9.78 Å². The minimum Gasteiger partial charge on any atom is -0.399 e. The van der Waals surface area contributed by atoms with Crippen molar-refractivity contribution in [2.24, 2.45) is 0 Å². The van der Waals surface area contributed by atoms with Gasteiger partial charge in [0.15, 0.2) is 0 Å². The van der Waals surface area contributed by atoms with Crippen LogP contribution in [0.15, 0.2) is 24.4 Å². The third kappa shape index (κ3) is 2.36. The van der Waals surface area contributed by atoms with E-state index in [0.29, 0.717) is 18.0 Å². The van der Waals surface area contributed by atoms with Crippen molar-refractivity contribution in [3.63, 3.8) is 0 Å². The third-order valence-corrected chi connectivity index (χ3v) is 2.94. The number of hydrogen-bond acceptors (Lipinski definition) is 3. The number of fused-ring (bicyclic) bond motifs is 1. The monoisotopic (exact) mass is 223 g/mol. The first-order chi connectivity index (χ1) is 7.15. The summed E-state index contributed by atoms with van der Waals surface area (Å²) in [6.45, 7) is 0.678. The number of nitrogens with two attached hydrogens (primary N) is 1. The summed E-state index contributed by atoms with van der Waals surface area (Å²) in [7, 11) is -0.778. The highest BCUT2D eigenvalue weighted by Crippen LogP contribution is 2.15. The number of benzene rings is 1. The summed E-state index contributed by atoms with van der Waals surface area (Å²) in [4.78, 5) is 0.